The van der Waals surface area contributed by atoms with Gasteiger partial charge in [0.05, 0.1) is 19.0 Å². The predicted molar refractivity (Wildman–Crippen MR) is 39.3 cm³/mol. The van der Waals surface area contributed by atoms with E-state index in [0.29, 0.717) is 0 Å². The molecule has 0 spiro atoms. The lowest BCUT2D eigenvalue weighted by atomic mass is 9.82. The van der Waals surface area contributed by atoms with Crippen LogP contribution in [0.5, 0.6) is 0 Å². The van der Waals surface area contributed by atoms with Gasteiger partial charge in [0, 0.05) is 12.8 Å². The van der Waals surface area contributed by atoms with Crippen LogP contribution in [0.4, 0.5) is 8.78 Å². The Kier molecular flexibility index (Phi) is 1.65. The van der Waals surface area contributed by atoms with E-state index < -0.39 is 19.0 Å². The van der Waals surface area contributed by atoms with E-state index in [1.807, 2.05) is 0 Å². The van der Waals surface area contributed by atoms with E-state index in [-0.39, 0.29) is 30.4 Å². The zero-order valence-electron chi connectivity index (χ0n) is 6.93. The molecule has 0 aromatic carbocycles. The first-order valence-corrected chi connectivity index (χ1v) is 4.16. The summed E-state index contributed by atoms with van der Waals surface area (Å²) in [5, 5.41) is 0. The molecule has 3 nitrogen and oxygen atoms in total. The van der Waals surface area contributed by atoms with E-state index >= 15 is 0 Å². The summed E-state index contributed by atoms with van der Waals surface area (Å²) in [6.07, 6.45) is 0.474. The number of rotatable bonds is 1. The molecule has 0 bridgehead atoms. The fraction of sp³-hybridized carbons (Fsp3) is 0.750. The molecule has 0 atom stereocenters. The third kappa shape index (κ3) is 1.43. The van der Waals surface area contributed by atoms with Gasteiger partial charge in [-0.3, -0.25) is 9.59 Å². The van der Waals surface area contributed by atoms with Crippen molar-refractivity contribution >= 4 is 11.7 Å². The Morgan fingerprint density at radius 2 is 1.92 bits per heavy atom. The number of hydrogen-bond donors (Lipinski definition) is 0. The van der Waals surface area contributed by atoms with Crippen molar-refractivity contribution in [2.45, 2.75) is 18.8 Å². The van der Waals surface area contributed by atoms with Crippen LogP contribution >= 0.6 is 0 Å². The molecule has 1 aliphatic carbocycles. The van der Waals surface area contributed by atoms with Gasteiger partial charge < -0.3 is 4.90 Å². The molecule has 1 saturated carbocycles. The number of alkyl halides is 2. The van der Waals surface area contributed by atoms with Gasteiger partial charge >= 0.3 is 0 Å². The first-order valence-electron chi connectivity index (χ1n) is 4.16. The number of carbonyl (C=O) groups excluding carboxylic acids is 2. The molecule has 72 valence electrons. The molecule has 13 heavy (non-hydrogen) atoms. The molecule has 5 heteroatoms. The van der Waals surface area contributed by atoms with Crippen LogP contribution in [0.15, 0.2) is 0 Å². The van der Waals surface area contributed by atoms with Crippen molar-refractivity contribution in [2.24, 2.45) is 5.92 Å². The van der Waals surface area contributed by atoms with Gasteiger partial charge in [-0.15, -0.1) is 0 Å². The Balaban J connectivity index is 1.83. The van der Waals surface area contributed by atoms with Gasteiger partial charge in [0.25, 0.3) is 5.92 Å². The Hall–Kier alpha value is -1.00. The van der Waals surface area contributed by atoms with Crippen molar-refractivity contribution in [2.75, 3.05) is 13.1 Å². The summed E-state index contributed by atoms with van der Waals surface area (Å²) in [5.41, 5.74) is 0. The lowest BCUT2D eigenvalue weighted by Gasteiger charge is -2.41. The molecule has 1 aliphatic heterocycles. The van der Waals surface area contributed by atoms with E-state index in [4.69, 9.17) is 0 Å². The largest absolute Gasteiger partial charge is 0.330 e. The van der Waals surface area contributed by atoms with Crippen molar-refractivity contribution in [1.82, 2.24) is 4.90 Å². The number of carbonyl (C=O) groups is 2. The van der Waals surface area contributed by atoms with E-state index in [0.717, 1.165) is 4.90 Å². The highest BCUT2D eigenvalue weighted by atomic mass is 19.3. The second-order valence-electron chi connectivity index (χ2n) is 3.69. The molecule has 0 radical (unpaired) electrons. The molecule has 0 aromatic heterocycles. The van der Waals surface area contributed by atoms with E-state index in [1.54, 1.807) is 0 Å². The normalized spacial score (nSPS) is 26.6. The fourth-order valence-electron chi connectivity index (χ4n) is 1.59. The van der Waals surface area contributed by atoms with Crippen molar-refractivity contribution in [1.29, 1.82) is 0 Å². The molecular formula is C8H9F2NO2. The van der Waals surface area contributed by atoms with Crippen LogP contribution in [0.1, 0.15) is 12.8 Å². The molecule has 1 amide bonds. The minimum Gasteiger partial charge on any atom is -0.330 e. The lowest BCUT2D eigenvalue weighted by molar-refractivity contribution is -0.173. The summed E-state index contributed by atoms with van der Waals surface area (Å²) in [5.74, 6) is -3.26. The summed E-state index contributed by atoms with van der Waals surface area (Å²) in [6, 6.07) is 0. The van der Waals surface area contributed by atoms with Crippen LogP contribution < -0.4 is 0 Å². The standard InChI is InChI=1S/C8H9F2NO2/c9-8(10)3-11(4-8)7(13)5-1-6(12)2-5/h5H,1-4H2. The van der Waals surface area contributed by atoms with Crippen molar-refractivity contribution in [3.05, 3.63) is 0 Å². The van der Waals surface area contributed by atoms with Crippen molar-refractivity contribution < 1.29 is 18.4 Å². The maximum Gasteiger partial charge on any atom is 0.282 e. The number of Topliss-reactive ketones (excluding diaryl/α,β-unsaturated/α-hetero) is 1. The molecular weight excluding hydrogens is 180 g/mol. The summed E-state index contributed by atoms with van der Waals surface area (Å²) in [6.45, 7) is -0.951. The van der Waals surface area contributed by atoms with Gasteiger partial charge in [0.2, 0.25) is 5.91 Å². The van der Waals surface area contributed by atoms with Crippen LogP contribution in [0.25, 0.3) is 0 Å². The van der Waals surface area contributed by atoms with E-state index in [1.165, 1.54) is 0 Å². The maximum absolute atomic E-state index is 12.3. The van der Waals surface area contributed by atoms with Gasteiger partial charge in [0.1, 0.15) is 5.78 Å². The first-order chi connectivity index (χ1) is 5.98. The molecule has 1 saturated heterocycles. The molecule has 2 rings (SSSR count). The Morgan fingerprint density at radius 3 is 2.31 bits per heavy atom. The van der Waals surface area contributed by atoms with Gasteiger partial charge in [-0.05, 0) is 0 Å². The minimum absolute atomic E-state index is 0.0469. The fourth-order valence-corrected chi connectivity index (χ4v) is 1.59. The van der Waals surface area contributed by atoms with Gasteiger partial charge in [-0.2, -0.15) is 0 Å². The van der Waals surface area contributed by atoms with Gasteiger partial charge in [-0.1, -0.05) is 0 Å². The highest BCUT2D eigenvalue weighted by Gasteiger charge is 2.49. The summed E-state index contributed by atoms with van der Waals surface area (Å²) in [4.78, 5) is 23.0. The second kappa shape index (κ2) is 2.49. The van der Waals surface area contributed by atoms with Crippen LogP contribution in [0.3, 0.4) is 0 Å². The van der Waals surface area contributed by atoms with Crippen LogP contribution in [-0.2, 0) is 9.59 Å². The molecule has 1 heterocycles. The number of halogens is 2. The highest BCUT2D eigenvalue weighted by molar-refractivity contribution is 5.96. The molecule has 0 N–H and O–H groups in total. The van der Waals surface area contributed by atoms with Crippen LogP contribution in [0, 0.1) is 5.92 Å². The summed E-state index contributed by atoms with van der Waals surface area (Å²) < 4.78 is 24.7. The number of hydrogen-bond acceptors (Lipinski definition) is 2. The first kappa shape index (κ1) is 8.59. The van der Waals surface area contributed by atoms with Crippen molar-refractivity contribution in [3.63, 3.8) is 0 Å². The average Bonchev–Trinajstić information content (AvgIpc) is 1.92. The quantitative estimate of drug-likeness (QED) is 0.600. The Bertz CT molecular complexity index is 261. The minimum atomic E-state index is -2.70. The molecule has 0 aromatic rings. The summed E-state index contributed by atoms with van der Waals surface area (Å²) >= 11 is 0. The Morgan fingerprint density at radius 1 is 1.38 bits per heavy atom. The Labute approximate surface area is 73.7 Å². The SMILES string of the molecule is O=C1CC(C(=O)N2CC(F)(F)C2)C1. The average molecular weight is 189 g/mol. The third-order valence-corrected chi connectivity index (χ3v) is 2.45. The molecule has 2 aliphatic rings. The topological polar surface area (TPSA) is 37.4 Å². The maximum atomic E-state index is 12.3. The van der Waals surface area contributed by atoms with Gasteiger partial charge in [-0.25, -0.2) is 8.78 Å². The van der Waals surface area contributed by atoms with Crippen LogP contribution in [0.2, 0.25) is 0 Å². The van der Waals surface area contributed by atoms with Crippen LogP contribution in [-0.4, -0.2) is 35.6 Å². The zero-order valence-corrected chi connectivity index (χ0v) is 6.93. The molecule has 0 unspecified atom stereocenters. The van der Waals surface area contributed by atoms with Crippen molar-refractivity contribution in [3.8, 4) is 0 Å². The van der Waals surface area contributed by atoms with E-state index in [2.05, 4.69) is 0 Å². The number of likely N-dealkylation sites (tertiary alicyclic amines) is 1. The highest BCUT2D eigenvalue weighted by Crippen LogP contribution is 2.32. The number of ketones is 1. The lowest BCUT2D eigenvalue weighted by Crippen LogP contribution is -2.60. The smallest absolute Gasteiger partial charge is 0.282 e. The van der Waals surface area contributed by atoms with Gasteiger partial charge in [0.15, 0.2) is 0 Å². The third-order valence-electron chi connectivity index (χ3n) is 2.45. The molecule has 2 fully saturated rings. The van der Waals surface area contributed by atoms with E-state index in [9.17, 15) is 18.4 Å². The monoisotopic (exact) mass is 189 g/mol. The predicted octanol–water partition coefficient (Wildman–Crippen LogP) is 0.443. The second-order valence-corrected chi connectivity index (χ2v) is 3.69. The zero-order chi connectivity index (χ0) is 9.64. The number of amides is 1. The number of nitrogens with zero attached hydrogens (tertiary/aromatic N) is 1. The summed E-state index contributed by atoms with van der Waals surface area (Å²) in [7, 11) is 0.